The molecule has 1 amide bonds. The minimum Gasteiger partial charge on any atom is -0.479 e. The van der Waals surface area contributed by atoms with Crippen molar-refractivity contribution in [3.05, 3.63) is 33.8 Å². The van der Waals surface area contributed by atoms with Gasteiger partial charge in [-0.15, -0.1) is 0 Å². The molecule has 0 aliphatic heterocycles. The van der Waals surface area contributed by atoms with Gasteiger partial charge < -0.3 is 10.0 Å². The molecule has 20 heavy (non-hydrogen) atoms. The largest absolute Gasteiger partial charge is 0.479 e. The molecule has 1 aromatic rings. The predicted octanol–water partition coefficient (Wildman–Crippen LogP) is 3.14. The number of halogens is 5. The second kappa shape index (κ2) is 5.88. The number of rotatable bonds is 3. The molecule has 1 atom stereocenters. The molecule has 0 aliphatic rings. The SMILES string of the molecule is CN(C(=O)C(F)(F)F)C(C(=O)O)c1cc(Cl)cc(Cl)c1. The summed E-state index contributed by atoms with van der Waals surface area (Å²) >= 11 is 11.3. The summed E-state index contributed by atoms with van der Waals surface area (Å²) < 4.78 is 37.1. The van der Waals surface area contributed by atoms with Crippen molar-refractivity contribution in [2.24, 2.45) is 0 Å². The van der Waals surface area contributed by atoms with Crippen molar-refractivity contribution in [3.63, 3.8) is 0 Å². The lowest BCUT2D eigenvalue weighted by atomic mass is 10.1. The average molecular weight is 330 g/mol. The number of alkyl halides is 3. The molecule has 0 heterocycles. The van der Waals surface area contributed by atoms with E-state index in [1.54, 1.807) is 0 Å². The molecule has 0 aromatic heterocycles. The summed E-state index contributed by atoms with van der Waals surface area (Å²) in [5, 5.41) is 9.14. The lowest BCUT2D eigenvalue weighted by Gasteiger charge is -2.26. The fourth-order valence-electron chi connectivity index (χ4n) is 1.58. The molecule has 0 saturated carbocycles. The van der Waals surface area contributed by atoms with Crippen LogP contribution in [-0.2, 0) is 9.59 Å². The summed E-state index contributed by atoms with van der Waals surface area (Å²) in [5.41, 5.74) is -0.130. The standard InChI is InChI=1S/C11H8Cl2F3NO3/c1-17(10(20)11(14,15)16)8(9(18)19)5-2-6(12)4-7(13)3-5/h2-4,8H,1H3,(H,18,19). The summed E-state index contributed by atoms with van der Waals surface area (Å²) in [5.74, 6) is -3.91. The molecule has 110 valence electrons. The Bertz CT molecular complexity index is 528. The van der Waals surface area contributed by atoms with Crippen LogP contribution in [-0.4, -0.2) is 35.1 Å². The first-order valence-electron chi connectivity index (χ1n) is 5.07. The molecule has 9 heteroatoms. The van der Waals surface area contributed by atoms with E-state index in [2.05, 4.69) is 0 Å². The fourth-order valence-corrected chi connectivity index (χ4v) is 2.13. The molecule has 0 spiro atoms. The summed E-state index contributed by atoms with van der Waals surface area (Å²) in [6.07, 6.45) is -5.18. The molecule has 0 saturated heterocycles. The third kappa shape index (κ3) is 3.77. The summed E-state index contributed by atoms with van der Waals surface area (Å²) in [6.45, 7) is 0. The Morgan fingerprint density at radius 3 is 2.00 bits per heavy atom. The van der Waals surface area contributed by atoms with Gasteiger partial charge in [0.25, 0.3) is 0 Å². The van der Waals surface area contributed by atoms with E-state index in [4.69, 9.17) is 28.3 Å². The first-order valence-corrected chi connectivity index (χ1v) is 5.82. The topological polar surface area (TPSA) is 57.6 Å². The van der Waals surface area contributed by atoms with Gasteiger partial charge in [0.05, 0.1) is 0 Å². The zero-order valence-electron chi connectivity index (χ0n) is 9.91. The van der Waals surface area contributed by atoms with Gasteiger partial charge in [-0.1, -0.05) is 23.2 Å². The van der Waals surface area contributed by atoms with Crippen LogP contribution in [0, 0.1) is 0 Å². The zero-order valence-corrected chi connectivity index (χ0v) is 11.4. The monoisotopic (exact) mass is 329 g/mol. The maximum Gasteiger partial charge on any atom is 0.471 e. The number of hydrogen-bond donors (Lipinski definition) is 1. The van der Waals surface area contributed by atoms with Crippen LogP contribution in [0.4, 0.5) is 13.2 Å². The van der Waals surface area contributed by atoms with Crippen LogP contribution in [0.2, 0.25) is 10.0 Å². The zero-order chi connectivity index (χ0) is 15.7. The fraction of sp³-hybridized carbons (Fsp3) is 0.273. The van der Waals surface area contributed by atoms with Crippen LogP contribution in [0.3, 0.4) is 0 Å². The van der Waals surface area contributed by atoms with Crippen molar-refractivity contribution < 1.29 is 27.9 Å². The van der Waals surface area contributed by atoms with E-state index in [0.717, 1.165) is 19.2 Å². The molecule has 0 radical (unpaired) electrons. The van der Waals surface area contributed by atoms with Crippen LogP contribution < -0.4 is 0 Å². The Labute approximate surface area is 121 Å². The number of likely N-dealkylation sites (N-methyl/N-ethyl adjacent to an activating group) is 1. The molecule has 1 aromatic carbocycles. The number of carboxylic acids is 1. The Kier molecular flexibility index (Phi) is 4.88. The Balaban J connectivity index is 3.25. The summed E-state index contributed by atoms with van der Waals surface area (Å²) in [6, 6.07) is 1.70. The van der Waals surface area contributed by atoms with Crippen LogP contribution in [0.25, 0.3) is 0 Å². The van der Waals surface area contributed by atoms with E-state index in [0.29, 0.717) is 0 Å². The highest BCUT2D eigenvalue weighted by atomic mass is 35.5. The third-order valence-corrected chi connectivity index (χ3v) is 2.82. The van der Waals surface area contributed by atoms with E-state index in [1.807, 2.05) is 0 Å². The van der Waals surface area contributed by atoms with Crippen molar-refractivity contribution in [2.75, 3.05) is 7.05 Å². The molecular weight excluding hydrogens is 322 g/mol. The quantitative estimate of drug-likeness (QED) is 0.926. The van der Waals surface area contributed by atoms with Gasteiger partial charge in [0.2, 0.25) is 0 Å². The number of aliphatic carboxylic acids is 1. The van der Waals surface area contributed by atoms with Gasteiger partial charge in [0.1, 0.15) is 0 Å². The van der Waals surface area contributed by atoms with Gasteiger partial charge in [-0.25, -0.2) is 4.79 Å². The summed E-state index contributed by atoms with van der Waals surface area (Å²) in [4.78, 5) is 22.3. The molecule has 1 unspecified atom stereocenters. The molecule has 1 N–H and O–H groups in total. The smallest absolute Gasteiger partial charge is 0.471 e. The van der Waals surface area contributed by atoms with Gasteiger partial charge in [-0.05, 0) is 23.8 Å². The van der Waals surface area contributed by atoms with E-state index in [9.17, 15) is 22.8 Å². The number of amides is 1. The maximum absolute atomic E-state index is 12.4. The van der Waals surface area contributed by atoms with Crippen molar-refractivity contribution in [1.29, 1.82) is 0 Å². The van der Waals surface area contributed by atoms with Crippen molar-refractivity contribution in [3.8, 4) is 0 Å². The number of hydrogen-bond acceptors (Lipinski definition) is 2. The Hall–Kier alpha value is -1.47. The van der Waals surface area contributed by atoms with Crippen molar-refractivity contribution >= 4 is 35.1 Å². The van der Waals surface area contributed by atoms with Crippen LogP contribution in [0.15, 0.2) is 18.2 Å². The maximum atomic E-state index is 12.4. The second-order valence-corrected chi connectivity index (χ2v) is 4.73. The van der Waals surface area contributed by atoms with E-state index in [1.165, 1.54) is 6.07 Å². The highest BCUT2D eigenvalue weighted by Gasteiger charge is 2.45. The lowest BCUT2D eigenvalue weighted by Crippen LogP contribution is -2.43. The van der Waals surface area contributed by atoms with Crippen LogP contribution >= 0.6 is 23.2 Å². The first kappa shape index (κ1) is 16.6. The van der Waals surface area contributed by atoms with Gasteiger partial charge in [0, 0.05) is 17.1 Å². The van der Waals surface area contributed by atoms with Gasteiger partial charge in [-0.2, -0.15) is 13.2 Å². The van der Waals surface area contributed by atoms with Crippen LogP contribution in [0.5, 0.6) is 0 Å². The highest BCUT2D eigenvalue weighted by Crippen LogP contribution is 2.29. The van der Waals surface area contributed by atoms with Gasteiger partial charge in [-0.3, -0.25) is 4.79 Å². The number of nitrogens with zero attached hydrogens (tertiary/aromatic N) is 1. The van der Waals surface area contributed by atoms with Crippen LogP contribution in [0.1, 0.15) is 11.6 Å². The second-order valence-electron chi connectivity index (χ2n) is 3.86. The highest BCUT2D eigenvalue weighted by molar-refractivity contribution is 6.34. The Morgan fingerprint density at radius 2 is 1.65 bits per heavy atom. The molecule has 4 nitrogen and oxygen atoms in total. The number of benzene rings is 1. The average Bonchev–Trinajstić information content (AvgIpc) is 2.24. The molecule has 0 bridgehead atoms. The first-order chi connectivity index (χ1) is 9.04. The number of carbonyl (C=O) groups excluding carboxylic acids is 1. The Morgan fingerprint density at radius 1 is 1.20 bits per heavy atom. The molecule has 1 rings (SSSR count). The minimum absolute atomic E-state index is 0.0478. The lowest BCUT2D eigenvalue weighted by molar-refractivity contribution is -0.188. The number of carboxylic acid groups (broad SMARTS) is 1. The van der Waals surface area contributed by atoms with Gasteiger partial charge in [0.15, 0.2) is 6.04 Å². The molecular formula is C11H8Cl2F3NO3. The van der Waals surface area contributed by atoms with E-state index < -0.39 is 24.1 Å². The minimum atomic E-state index is -5.18. The summed E-state index contributed by atoms with van der Waals surface area (Å²) in [7, 11) is 0.740. The van der Waals surface area contributed by atoms with E-state index >= 15 is 0 Å². The number of carbonyl (C=O) groups is 2. The third-order valence-electron chi connectivity index (χ3n) is 2.38. The van der Waals surface area contributed by atoms with E-state index in [-0.39, 0.29) is 20.5 Å². The van der Waals surface area contributed by atoms with Crippen molar-refractivity contribution in [1.82, 2.24) is 4.90 Å². The molecule has 0 aliphatic carbocycles. The van der Waals surface area contributed by atoms with Crippen molar-refractivity contribution in [2.45, 2.75) is 12.2 Å². The predicted molar refractivity (Wildman–Crippen MR) is 65.7 cm³/mol. The molecule has 0 fully saturated rings. The van der Waals surface area contributed by atoms with Gasteiger partial charge >= 0.3 is 18.1 Å². The normalized spacial score (nSPS) is 12.9.